The van der Waals surface area contributed by atoms with Crippen LogP contribution in [0.4, 0.5) is 5.69 Å². The fourth-order valence-corrected chi connectivity index (χ4v) is 8.62. The maximum Gasteiger partial charge on any atom is 0.161 e. The Hall–Kier alpha value is -1.85. The van der Waals surface area contributed by atoms with Crippen molar-refractivity contribution in [2.45, 2.75) is 155 Å². The lowest BCUT2D eigenvalue weighted by Gasteiger charge is -2.32. The van der Waals surface area contributed by atoms with Crippen molar-refractivity contribution in [2.24, 2.45) is 0 Å². The number of anilines is 1. The quantitative estimate of drug-likeness (QED) is 0.0856. The van der Waals surface area contributed by atoms with E-state index in [0.29, 0.717) is 6.04 Å². The second-order valence-corrected chi connectivity index (χ2v) is 15.7. The molecule has 262 valence electrons. The number of nitrogens with zero attached hydrogens (tertiary/aromatic N) is 2. The first kappa shape index (κ1) is 40.3. The van der Waals surface area contributed by atoms with Crippen molar-refractivity contribution in [1.29, 1.82) is 0 Å². The first-order chi connectivity index (χ1) is 22.4. The van der Waals surface area contributed by atoms with Gasteiger partial charge in [-0.2, -0.15) is 0 Å². The van der Waals surface area contributed by atoms with E-state index in [0.717, 1.165) is 50.1 Å². The Balaban J connectivity index is 2.23. The molecule has 0 radical (unpaired) electrons. The monoisotopic (exact) mass is 655 g/mol. The first-order valence-corrected chi connectivity index (χ1v) is 21.0. The van der Waals surface area contributed by atoms with Gasteiger partial charge in [0.1, 0.15) is 5.25 Å². The van der Waals surface area contributed by atoms with Crippen molar-refractivity contribution in [3.8, 4) is 0 Å². The van der Waals surface area contributed by atoms with E-state index in [1.807, 2.05) is 30.3 Å². The molecule has 0 amide bonds. The van der Waals surface area contributed by atoms with Gasteiger partial charge in [-0.15, -0.1) is 0 Å². The van der Waals surface area contributed by atoms with Crippen LogP contribution in [0.3, 0.4) is 0 Å². The molecule has 0 saturated heterocycles. The van der Waals surface area contributed by atoms with E-state index in [4.69, 9.17) is 0 Å². The minimum Gasteiger partial charge on any atom is -0.372 e. The highest BCUT2D eigenvalue weighted by atomic mass is 32.2. The molecular weight excluding hydrogens is 585 g/mol. The summed E-state index contributed by atoms with van der Waals surface area (Å²) in [7, 11) is -3.41. The molecule has 0 fully saturated rings. The molecule has 2 rings (SSSR count). The smallest absolute Gasteiger partial charge is 0.161 e. The Bertz CT molecular complexity index is 1090. The summed E-state index contributed by atoms with van der Waals surface area (Å²) in [5.41, 5.74) is 2.96. The molecule has 0 N–H and O–H groups in total. The van der Waals surface area contributed by atoms with Gasteiger partial charge in [-0.3, -0.25) is 0 Å². The normalized spacial score (nSPS) is 13.3. The van der Waals surface area contributed by atoms with Crippen LogP contribution in [0.5, 0.6) is 0 Å². The van der Waals surface area contributed by atoms with Crippen LogP contribution in [0, 0.1) is 0 Å². The zero-order chi connectivity index (χ0) is 33.5. The Morgan fingerprint density at radius 1 is 0.522 bits per heavy atom. The molecule has 0 aliphatic heterocycles. The van der Waals surface area contributed by atoms with Crippen molar-refractivity contribution in [3.05, 3.63) is 65.7 Å². The van der Waals surface area contributed by atoms with Gasteiger partial charge in [0, 0.05) is 24.8 Å². The molecule has 0 aromatic heterocycles. The molecule has 4 nitrogen and oxygen atoms in total. The van der Waals surface area contributed by atoms with Gasteiger partial charge in [-0.25, -0.2) is 8.42 Å². The highest BCUT2D eigenvalue weighted by Crippen LogP contribution is 2.33. The lowest BCUT2D eigenvalue weighted by Crippen LogP contribution is -2.37. The summed E-state index contributed by atoms with van der Waals surface area (Å²) in [5, 5.41) is -0.629. The van der Waals surface area contributed by atoms with E-state index >= 15 is 0 Å². The molecule has 0 saturated carbocycles. The van der Waals surface area contributed by atoms with Crippen molar-refractivity contribution in [3.63, 3.8) is 0 Å². The van der Waals surface area contributed by atoms with Crippen molar-refractivity contribution in [2.75, 3.05) is 36.8 Å². The summed E-state index contributed by atoms with van der Waals surface area (Å²) in [6.45, 7) is 15.7. The predicted molar refractivity (Wildman–Crippen MR) is 203 cm³/mol. The molecule has 0 aliphatic carbocycles. The lowest BCUT2D eigenvalue weighted by atomic mass is 10.00. The lowest BCUT2D eigenvalue weighted by molar-refractivity contribution is 0.168. The molecule has 0 aliphatic rings. The summed E-state index contributed by atoms with van der Waals surface area (Å²) >= 11 is 0. The van der Waals surface area contributed by atoms with Gasteiger partial charge in [-0.1, -0.05) is 141 Å². The Morgan fingerprint density at radius 2 is 1.00 bits per heavy atom. The molecule has 2 unspecified atom stereocenters. The minimum atomic E-state index is -3.41. The standard InChI is InChI=1S/C41H70N2O2S/c1-6-11-16-17-18-22-26-39(42(32-12-7-2)33-13-8-3)27-23-36-46(44,45)41(37-24-20-19-21-25-37)38-28-30-40(31-29-38)43(34-14-9-4)35-15-10-5/h19-21,24-25,28-31,39,41H,6-18,22-23,26-27,32-36H2,1-5H3. The number of rotatable bonds is 28. The average Bonchev–Trinajstić information content (AvgIpc) is 3.06. The number of unbranched alkanes of at least 4 members (excludes halogenated alkanes) is 9. The van der Waals surface area contributed by atoms with Gasteiger partial charge >= 0.3 is 0 Å². The van der Waals surface area contributed by atoms with Crippen LogP contribution in [-0.4, -0.2) is 51.3 Å². The molecule has 0 bridgehead atoms. The van der Waals surface area contributed by atoms with Gasteiger partial charge in [0.15, 0.2) is 9.84 Å². The molecule has 0 heterocycles. The average molecular weight is 655 g/mol. The topological polar surface area (TPSA) is 40.6 Å². The third-order valence-corrected chi connectivity index (χ3v) is 11.7. The van der Waals surface area contributed by atoms with Crippen LogP contribution < -0.4 is 4.90 Å². The molecule has 2 atom stereocenters. The summed E-state index contributed by atoms with van der Waals surface area (Å²) in [5.74, 6) is 0.232. The van der Waals surface area contributed by atoms with Gasteiger partial charge in [0.05, 0.1) is 5.75 Å². The maximum absolute atomic E-state index is 14.3. The van der Waals surface area contributed by atoms with E-state index in [1.54, 1.807) is 0 Å². The minimum absolute atomic E-state index is 0.232. The van der Waals surface area contributed by atoms with Crippen LogP contribution in [-0.2, 0) is 9.84 Å². The third kappa shape index (κ3) is 14.9. The predicted octanol–water partition coefficient (Wildman–Crippen LogP) is 11.4. The maximum atomic E-state index is 14.3. The zero-order valence-corrected chi connectivity index (χ0v) is 31.3. The van der Waals surface area contributed by atoms with Crippen LogP contribution in [0.15, 0.2) is 54.6 Å². The number of hydrogen-bond donors (Lipinski definition) is 0. The molecule has 2 aromatic carbocycles. The fraction of sp³-hybridized carbons (Fsp3) is 0.707. The molecule has 46 heavy (non-hydrogen) atoms. The number of hydrogen-bond acceptors (Lipinski definition) is 4. The van der Waals surface area contributed by atoms with E-state index < -0.39 is 15.1 Å². The Labute approximate surface area is 285 Å². The van der Waals surface area contributed by atoms with Gasteiger partial charge in [-0.05, 0) is 81.3 Å². The van der Waals surface area contributed by atoms with E-state index in [1.165, 1.54) is 102 Å². The second kappa shape index (κ2) is 24.3. The third-order valence-electron chi connectivity index (χ3n) is 9.56. The summed E-state index contributed by atoms with van der Waals surface area (Å²) < 4.78 is 28.5. The van der Waals surface area contributed by atoms with Crippen molar-refractivity contribution >= 4 is 15.5 Å². The highest BCUT2D eigenvalue weighted by Gasteiger charge is 2.29. The van der Waals surface area contributed by atoms with Crippen LogP contribution in [0.25, 0.3) is 0 Å². The first-order valence-electron chi connectivity index (χ1n) is 19.3. The highest BCUT2D eigenvalue weighted by molar-refractivity contribution is 7.91. The molecule has 5 heteroatoms. The largest absolute Gasteiger partial charge is 0.372 e. The van der Waals surface area contributed by atoms with Crippen LogP contribution >= 0.6 is 0 Å². The Morgan fingerprint density at radius 3 is 1.57 bits per heavy atom. The molecule has 0 spiro atoms. The van der Waals surface area contributed by atoms with Gasteiger partial charge < -0.3 is 9.80 Å². The van der Waals surface area contributed by atoms with Gasteiger partial charge in [0.25, 0.3) is 0 Å². The number of benzene rings is 2. The number of sulfone groups is 1. The van der Waals surface area contributed by atoms with Crippen LogP contribution in [0.2, 0.25) is 0 Å². The molecule has 2 aromatic rings. The molecular formula is C41H70N2O2S. The summed E-state index contributed by atoms with van der Waals surface area (Å²) in [6, 6.07) is 18.8. The van der Waals surface area contributed by atoms with Crippen molar-refractivity contribution in [1.82, 2.24) is 4.90 Å². The summed E-state index contributed by atoms with van der Waals surface area (Å²) in [6.07, 6.45) is 20.2. The van der Waals surface area contributed by atoms with E-state index in [2.05, 4.69) is 68.7 Å². The summed E-state index contributed by atoms with van der Waals surface area (Å²) in [4.78, 5) is 5.18. The van der Waals surface area contributed by atoms with Crippen LogP contribution in [0.1, 0.15) is 160 Å². The van der Waals surface area contributed by atoms with E-state index in [9.17, 15) is 8.42 Å². The SMILES string of the molecule is CCCCCCCCC(CCCS(=O)(=O)C(c1ccccc1)c1ccc(N(CCCC)CCCC)cc1)N(CCCC)CCCC. The second-order valence-electron chi connectivity index (χ2n) is 13.5. The van der Waals surface area contributed by atoms with Crippen molar-refractivity contribution < 1.29 is 8.42 Å². The fourth-order valence-electron chi connectivity index (χ4n) is 6.67. The van der Waals surface area contributed by atoms with Gasteiger partial charge in [0.2, 0.25) is 0 Å². The Kier molecular flexibility index (Phi) is 21.3. The zero-order valence-electron chi connectivity index (χ0n) is 30.5. The van der Waals surface area contributed by atoms with E-state index in [-0.39, 0.29) is 5.75 Å².